The number of hydrogen-bond acceptors (Lipinski definition) is 15. The monoisotopic (exact) mass is 772 g/mol. The molecule has 1 rings (SSSR count). The molecule has 0 aromatic heterocycles. The average molecular weight is 773 g/mol. The minimum absolute atomic E-state index is 0.0603. The van der Waals surface area contributed by atoms with Gasteiger partial charge in [0, 0.05) is 0 Å². The molecule has 0 saturated carbocycles. The SMILES string of the molecule is Cc1ccc(S(=O)(=O)OCCOCCOCCOCCOCCOCCOCCOCCOCCOCCOCCOCCO[Si](C)(C)C)cc1. The Labute approximate surface area is 306 Å². The molecule has 0 saturated heterocycles. The number of rotatable bonds is 39. The summed E-state index contributed by atoms with van der Waals surface area (Å²) in [7, 11) is -5.24. The van der Waals surface area contributed by atoms with Gasteiger partial charge in [0.2, 0.25) is 0 Å². The van der Waals surface area contributed by atoms with Crippen molar-refractivity contribution in [2.24, 2.45) is 0 Å². The zero-order valence-corrected chi connectivity index (χ0v) is 33.1. The van der Waals surface area contributed by atoms with E-state index < -0.39 is 18.4 Å². The molecule has 51 heavy (non-hydrogen) atoms. The molecule has 15 nitrogen and oxygen atoms in total. The first-order chi connectivity index (χ1) is 24.7. The fourth-order valence-electron chi connectivity index (χ4n) is 3.68. The van der Waals surface area contributed by atoms with Gasteiger partial charge < -0.3 is 56.5 Å². The maximum Gasteiger partial charge on any atom is 0.297 e. The molecule has 0 N–H and O–H groups in total. The molecule has 0 aliphatic heterocycles. The van der Waals surface area contributed by atoms with Crippen LogP contribution in [0.5, 0.6) is 0 Å². The van der Waals surface area contributed by atoms with Crippen molar-refractivity contribution in [3.8, 4) is 0 Å². The second kappa shape index (κ2) is 33.4. The molecule has 0 radical (unpaired) electrons. The highest BCUT2D eigenvalue weighted by atomic mass is 32.2. The average Bonchev–Trinajstić information content (AvgIpc) is 3.09. The lowest BCUT2D eigenvalue weighted by Gasteiger charge is -2.16. The quantitative estimate of drug-likeness (QED) is 0.0547. The highest BCUT2D eigenvalue weighted by Gasteiger charge is 2.14. The van der Waals surface area contributed by atoms with E-state index in [4.69, 9.17) is 60.7 Å². The lowest BCUT2D eigenvalue weighted by atomic mass is 10.2. The van der Waals surface area contributed by atoms with Crippen molar-refractivity contribution in [2.75, 3.05) is 159 Å². The van der Waals surface area contributed by atoms with Crippen LogP contribution < -0.4 is 0 Å². The summed E-state index contributed by atoms with van der Waals surface area (Å²) >= 11 is 0. The van der Waals surface area contributed by atoms with Gasteiger partial charge in [-0.05, 0) is 38.7 Å². The van der Waals surface area contributed by atoms with E-state index in [-0.39, 0.29) is 18.1 Å². The molecular weight excluding hydrogens is 709 g/mol. The standard InChI is InChI=1S/C34H64O15SSi/c1-33-5-7-34(8-6-33)50(35,36)48-31-29-46-27-25-44-23-21-42-19-17-40-15-13-38-11-9-37-10-12-39-14-16-41-18-20-43-22-24-45-26-28-47-30-32-49-51(2,3)4/h5-8H,9-32H2,1-4H3. The second-order valence-electron chi connectivity index (χ2n) is 11.8. The molecule has 0 bridgehead atoms. The Kier molecular flexibility index (Phi) is 31.4. The Morgan fingerprint density at radius 1 is 0.392 bits per heavy atom. The summed E-state index contributed by atoms with van der Waals surface area (Å²) in [4.78, 5) is 0.127. The zero-order chi connectivity index (χ0) is 37.1. The fraction of sp³-hybridized carbons (Fsp3) is 0.824. The molecule has 0 unspecified atom stereocenters. The van der Waals surface area contributed by atoms with Gasteiger partial charge in [0.1, 0.15) is 0 Å². The van der Waals surface area contributed by atoms with Gasteiger partial charge >= 0.3 is 0 Å². The normalized spacial score (nSPS) is 12.2. The van der Waals surface area contributed by atoms with Crippen LogP contribution in [0.2, 0.25) is 19.6 Å². The van der Waals surface area contributed by atoms with Crippen molar-refractivity contribution < 1.29 is 69.1 Å². The number of hydrogen-bond donors (Lipinski definition) is 0. The van der Waals surface area contributed by atoms with Crippen molar-refractivity contribution >= 4 is 18.4 Å². The van der Waals surface area contributed by atoms with Crippen LogP contribution >= 0.6 is 0 Å². The third kappa shape index (κ3) is 33.2. The molecular formula is C34H64O15SSi. The Bertz CT molecular complexity index is 996. The summed E-state index contributed by atoms with van der Waals surface area (Å²) in [6.45, 7) is 19.2. The maximum atomic E-state index is 12.1. The summed E-state index contributed by atoms with van der Waals surface area (Å²) < 4.78 is 94.9. The lowest BCUT2D eigenvalue weighted by Crippen LogP contribution is -2.27. The van der Waals surface area contributed by atoms with E-state index in [9.17, 15) is 8.42 Å². The van der Waals surface area contributed by atoms with Gasteiger partial charge in [-0.25, -0.2) is 0 Å². The van der Waals surface area contributed by atoms with E-state index in [1.165, 1.54) is 12.1 Å². The van der Waals surface area contributed by atoms with Gasteiger partial charge in [-0.1, -0.05) is 17.7 Å². The summed E-state index contributed by atoms with van der Waals surface area (Å²) in [5.74, 6) is 0. The fourth-order valence-corrected chi connectivity index (χ4v) is 5.27. The van der Waals surface area contributed by atoms with Gasteiger partial charge in [-0.3, -0.25) is 4.18 Å². The third-order valence-corrected chi connectivity index (χ3v) is 8.66. The van der Waals surface area contributed by atoms with Gasteiger partial charge in [0.15, 0.2) is 8.32 Å². The second-order valence-corrected chi connectivity index (χ2v) is 17.9. The smallest absolute Gasteiger partial charge is 0.297 e. The first kappa shape index (κ1) is 47.9. The van der Waals surface area contributed by atoms with E-state index >= 15 is 0 Å². The molecule has 1 aromatic carbocycles. The molecule has 0 aliphatic rings. The topological polar surface area (TPSA) is 154 Å². The van der Waals surface area contributed by atoms with Crippen LogP contribution in [0, 0.1) is 6.92 Å². The molecule has 0 aliphatic carbocycles. The summed E-state index contributed by atoms with van der Waals surface area (Å²) in [5.41, 5.74) is 0.975. The lowest BCUT2D eigenvalue weighted by molar-refractivity contribution is -0.0279. The number of ether oxygens (including phenoxy) is 11. The number of benzene rings is 1. The predicted octanol–water partition coefficient (Wildman–Crippen LogP) is 2.73. The highest BCUT2D eigenvalue weighted by Crippen LogP contribution is 2.13. The summed E-state index contributed by atoms with van der Waals surface area (Å²) in [5, 5.41) is 0. The molecule has 0 heterocycles. The van der Waals surface area contributed by atoms with Gasteiger partial charge in [0.25, 0.3) is 10.1 Å². The van der Waals surface area contributed by atoms with Crippen molar-refractivity contribution in [3.05, 3.63) is 29.8 Å². The first-order valence-corrected chi connectivity index (χ1v) is 22.5. The van der Waals surface area contributed by atoms with Crippen LogP contribution in [0.3, 0.4) is 0 Å². The molecule has 1 aromatic rings. The van der Waals surface area contributed by atoms with Crippen molar-refractivity contribution in [2.45, 2.75) is 31.5 Å². The minimum Gasteiger partial charge on any atom is -0.415 e. The van der Waals surface area contributed by atoms with Crippen LogP contribution in [-0.4, -0.2) is 175 Å². The van der Waals surface area contributed by atoms with Crippen LogP contribution in [0.15, 0.2) is 29.2 Å². The largest absolute Gasteiger partial charge is 0.415 e. The van der Waals surface area contributed by atoms with E-state index in [0.717, 1.165) is 5.56 Å². The van der Waals surface area contributed by atoms with Gasteiger partial charge in [-0.2, -0.15) is 8.42 Å². The summed E-state index contributed by atoms with van der Waals surface area (Å²) in [6, 6.07) is 6.48. The number of aryl methyl sites for hydroxylation is 1. The highest BCUT2D eigenvalue weighted by molar-refractivity contribution is 7.86. The van der Waals surface area contributed by atoms with Gasteiger partial charge in [-0.15, -0.1) is 0 Å². The van der Waals surface area contributed by atoms with Crippen molar-refractivity contribution in [1.82, 2.24) is 0 Å². The van der Waals surface area contributed by atoms with E-state index in [2.05, 4.69) is 19.6 Å². The van der Waals surface area contributed by atoms with Crippen molar-refractivity contribution in [1.29, 1.82) is 0 Å². The molecule has 0 atom stereocenters. The Balaban J connectivity index is 1.67. The Morgan fingerprint density at radius 2 is 0.627 bits per heavy atom. The van der Waals surface area contributed by atoms with E-state index in [1.54, 1.807) is 12.1 Å². The van der Waals surface area contributed by atoms with Crippen LogP contribution in [0.1, 0.15) is 5.56 Å². The van der Waals surface area contributed by atoms with Crippen LogP contribution in [0.25, 0.3) is 0 Å². The minimum atomic E-state index is -3.78. The molecule has 17 heteroatoms. The Morgan fingerprint density at radius 3 is 0.882 bits per heavy atom. The van der Waals surface area contributed by atoms with Crippen LogP contribution in [-0.2, 0) is 70.8 Å². The third-order valence-electron chi connectivity index (χ3n) is 6.26. The maximum absolute atomic E-state index is 12.1. The molecule has 0 amide bonds. The van der Waals surface area contributed by atoms with Gasteiger partial charge in [0.05, 0.1) is 163 Å². The van der Waals surface area contributed by atoms with Crippen molar-refractivity contribution in [3.63, 3.8) is 0 Å². The van der Waals surface area contributed by atoms with E-state index in [1.807, 2.05) is 6.92 Å². The first-order valence-electron chi connectivity index (χ1n) is 17.7. The predicted molar refractivity (Wildman–Crippen MR) is 193 cm³/mol. The van der Waals surface area contributed by atoms with Crippen LogP contribution in [0.4, 0.5) is 0 Å². The molecule has 0 spiro atoms. The van der Waals surface area contributed by atoms with E-state index in [0.29, 0.717) is 145 Å². The molecule has 300 valence electrons. The molecule has 0 fully saturated rings. The summed E-state index contributed by atoms with van der Waals surface area (Å²) in [6.07, 6.45) is 0. The zero-order valence-electron chi connectivity index (χ0n) is 31.3. The Hall–Kier alpha value is -1.13.